The fourth-order valence-corrected chi connectivity index (χ4v) is 2.12. The van der Waals surface area contributed by atoms with E-state index in [1.54, 1.807) is 13.8 Å². The number of carbonyl (C=O) groups is 1. The summed E-state index contributed by atoms with van der Waals surface area (Å²) in [6.07, 6.45) is 0.325. The molecular weight excluding hydrogens is 303 g/mol. The monoisotopic (exact) mass is 318 g/mol. The first kappa shape index (κ1) is 15.1. The second-order valence-electron chi connectivity index (χ2n) is 4.65. The summed E-state index contributed by atoms with van der Waals surface area (Å²) in [4.78, 5) is 12.3. The molecule has 1 N–H and O–H groups in total. The predicted molar refractivity (Wildman–Crippen MR) is 70.5 cm³/mol. The summed E-state index contributed by atoms with van der Waals surface area (Å²) < 4.78 is 18.9. The van der Waals surface area contributed by atoms with Gasteiger partial charge in [-0.25, -0.2) is 4.39 Å². The minimum Gasteiger partial charge on any atom is -0.494 e. The number of hydrogen-bond acceptors (Lipinski definition) is 3. The molecule has 0 bridgehead atoms. The molecule has 0 aliphatic heterocycles. The standard InChI is InChI=1S/C13H16BrFO3/c1-13(2,4-5-16)12(17)8-6-10(15)11(18-3)7-9(8)14/h6-7,16H,4-5H2,1-3H3. The van der Waals surface area contributed by atoms with Crippen molar-refractivity contribution in [1.29, 1.82) is 0 Å². The highest BCUT2D eigenvalue weighted by molar-refractivity contribution is 9.10. The van der Waals surface area contributed by atoms with Crippen molar-refractivity contribution in [2.24, 2.45) is 5.41 Å². The lowest BCUT2D eigenvalue weighted by molar-refractivity contribution is 0.0793. The fourth-order valence-electron chi connectivity index (χ4n) is 1.62. The second kappa shape index (κ2) is 5.80. The Labute approximate surface area is 114 Å². The highest BCUT2D eigenvalue weighted by Gasteiger charge is 2.30. The van der Waals surface area contributed by atoms with Crippen molar-refractivity contribution < 1.29 is 19.0 Å². The molecule has 1 rings (SSSR count). The maximum atomic E-state index is 13.6. The first-order valence-corrected chi connectivity index (χ1v) is 6.31. The summed E-state index contributed by atoms with van der Waals surface area (Å²) in [7, 11) is 1.36. The Morgan fingerprint density at radius 2 is 2.11 bits per heavy atom. The number of benzene rings is 1. The number of halogens is 2. The molecule has 3 nitrogen and oxygen atoms in total. The molecule has 18 heavy (non-hydrogen) atoms. The molecular formula is C13H16BrFO3. The second-order valence-corrected chi connectivity index (χ2v) is 5.51. The van der Waals surface area contributed by atoms with Gasteiger partial charge in [-0.3, -0.25) is 4.79 Å². The van der Waals surface area contributed by atoms with Crippen LogP contribution < -0.4 is 4.74 Å². The van der Waals surface area contributed by atoms with E-state index in [0.29, 0.717) is 10.9 Å². The van der Waals surface area contributed by atoms with Crippen LogP contribution in [0.4, 0.5) is 4.39 Å². The summed E-state index contributed by atoms with van der Waals surface area (Å²) >= 11 is 3.24. The molecule has 0 aliphatic carbocycles. The number of hydrogen-bond donors (Lipinski definition) is 1. The molecule has 0 unspecified atom stereocenters. The highest BCUT2D eigenvalue weighted by Crippen LogP contribution is 2.32. The molecule has 0 saturated heterocycles. The lowest BCUT2D eigenvalue weighted by Crippen LogP contribution is -2.26. The minimum absolute atomic E-state index is 0.0818. The minimum atomic E-state index is -0.738. The number of methoxy groups -OCH3 is 1. The average Bonchev–Trinajstić information content (AvgIpc) is 2.30. The molecule has 1 aromatic rings. The SMILES string of the molecule is COc1cc(Br)c(C(=O)C(C)(C)CCO)cc1F. The van der Waals surface area contributed by atoms with Crippen LogP contribution in [-0.2, 0) is 0 Å². The van der Waals surface area contributed by atoms with E-state index in [0.717, 1.165) is 6.07 Å². The first-order valence-electron chi connectivity index (χ1n) is 5.52. The van der Waals surface area contributed by atoms with Gasteiger partial charge in [-0.15, -0.1) is 0 Å². The summed E-state index contributed by atoms with van der Waals surface area (Å²) in [6.45, 7) is 3.36. The van der Waals surface area contributed by atoms with Crippen molar-refractivity contribution in [2.75, 3.05) is 13.7 Å². The van der Waals surface area contributed by atoms with Crippen LogP contribution in [0.5, 0.6) is 5.75 Å². The van der Waals surface area contributed by atoms with E-state index in [1.165, 1.54) is 13.2 Å². The zero-order valence-corrected chi connectivity index (χ0v) is 12.2. The molecule has 100 valence electrons. The fraction of sp³-hybridized carbons (Fsp3) is 0.462. The lowest BCUT2D eigenvalue weighted by Gasteiger charge is -2.22. The molecule has 0 aromatic heterocycles. The van der Waals surface area contributed by atoms with Crippen LogP contribution in [0, 0.1) is 11.2 Å². The van der Waals surface area contributed by atoms with E-state index in [2.05, 4.69) is 15.9 Å². The Bertz CT molecular complexity index is 458. The van der Waals surface area contributed by atoms with Crippen LogP contribution in [0.15, 0.2) is 16.6 Å². The van der Waals surface area contributed by atoms with Gasteiger partial charge in [0.25, 0.3) is 0 Å². The molecule has 0 aliphatic rings. The smallest absolute Gasteiger partial charge is 0.169 e. The molecule has 0 amide bonds. The molecule has 0 saturated carbocycles. The normalized spacial score (nSPS) is 11.4. The van der Waals surface area contributed by atoms with Gasteiger partial charge >= 0.3 is 0 Å². The van der Waals surface area contributed by atoms with Crippen molar-refractivity contribution in [3.63, 3.8) is 0 Å². The van der Waals surface area contributed by atoms with Gasteiger partial charge < -0.3 is 9.84 Å². The Morgan fingerprint density at radius 3 is 2.61 bits per heavy atom. The highest BCUT2D eigenvalue weighted by atomic mass is 79.9. The number of aliphatic hydroxyl groups is 1. The third kappa shape index (κ3) is 3.09. The van der Waals surface area contributed by atoms with Crippen LogP contribution in [0.2, 0.25) is 0 Å². The van der Waals surface area contributed by atoms with Crippen molar-refractivity contribution in [3.05, 3.63) is 28.0 Å². The van der Waals surface area contributed by atoms with Crippen molar-refractivity contribution in [2.45, 2.75) is 20.3 Å². The number of rotatable bonds is 5. The zero-order valence-electron chi connectivity index (χ0n) is 10.6. The van der Waals surface area contributed by atoms with E-state index >= 15 is 0 Å². The molecule has 0 spiro atoms. The largest absolute Gasteiger partial charge is 0.494 e. The van der Waals surface area contributed by atoms with Gasteiger partial charge in [-0.2, -0.15) is 0 Å². The van der Waals surface area contributed by atoms with Gasteiger partial charge in [0, 0.05) is 22.1 Å². The summed E-state index contributed by atoms with van der Waals surface area (Å²) in [5.74, 6) is -0.716. The maximum absolute atomic E-state index is 13.6. The van der Waals surface area contributed by atoms with Crippen LogP contribution in [0.25, 0.3) is 0 Å². The molecule has 0 atom stereocenters. The number of ether oxygens (including phenoxy) is 1. The number of aliphatic hydroxyl groups excluding tert-OH is 1. The average molecular weight is 319 g/mol. The molecule has 5 heteroatoms. The van der Waals surface area contributed by atoms with Crippen LogP contribution >= 0.6 is 15.9 Å². The van der Waals surface area contributed by atoms with E-state index < -0.39 is 11.2 Å². The van der Waals surface area contributed by atoms with E-state index in [-0.39, 0.29) is 23.7 Å². The van der Waals surface area contributed by atoms with Crippen molar-refractivity contribution in [3.8, 4) is 5.75 Å². The van der Waals surface area contributed by atoms with Crippen molar-refractivity contribution in [1.82, 2.24) is 0 Å². The molecule has 1 aromatic carbocycles. The van der Waals surface area contributed by atoms with Gasteiger partial charge in [0.05, 0.1) is 7.11 Å². The number of ketones is 1. The topological polar surface area (TPSA) is 46.5 Å². The van der Waals surface area contributed by atoms with Crippen LogP contribution in [0.3, 0.4) is 0 Å². The van der Waals surface area contributed by atoms with Gasteiger partial charge in [0.1, 0.15) is 0 Å². The van der Waals surface area contributed by atoms with E-state index in [4.69, 9.17) is 9.84 Å². The van der Waals surface area contributed by atoms with Gasteiger partial charge in [-0.05, 0) is 34.5 Å². The first-order chi connectivity index (χ1) is 8.33. The van der Waals surface area contributed by atoms with Crippen LogP contribution in [-0.4, -0.2) is 24.6 Å². The van der Waals surface area contributed by atoms with Crippen LogP contribution in [0.1, 0.15) is 30.6 Å². The van der Waals surface area contributed by atoms with Crippen molar-refractivity contribution >= 4 is 21.7 Å². The summed E-state index contributed by atoms with van der Waals surface area (Å²) in [6, 6.07) is 2.59. The summed E-state index contributed by atoms with van der Waals surface area (Å²) in [5, 5.41) is 8.95. The van der Waals surface area contributed by atoms with Gasteiger partial charge in [0.15, 0.2) is 17.3 Å². The Balaban J connectivity index is 3.18. The number of Topliss-reactive ketones (excluding diaryl/α,β-unsaturated/α-hetero) is 1. The quantitative estimate of drug-likeness (QED) is 0.848. The Kier molecular flexibility index (Phi) is 4.87. The zero-order chi connectivity index (χ0) is 13.9. The summed E-state index contributed by atoms with van der Waals surface area (Å²) in [5.41, 5.74) is -0.482. The van der Waals surface area contributed by atoms with E-state index in [1.807, 2.05) is 0 Å². The third-order valence-corrected chi connectivity index (χ3v) is 3.49. The molecule has 0 fully saturated rings. The Morgan fingerprint density at radius 1 is 1.50 bits per heavy atom. The van der Waals surface area contributed by atoms with E-state index in [9.17, 15) is 9.18 Å². The molecule has 0 heterocycles. The Hall–Kier alpha value is -0.940. The number of carbonyl (C=O) groups excluding carboxylic acids is 1. The van der Waals surface area contributed by atoms with Gasteiger partial charge in [0.2, 0.25) is 0 Å². The predicted octanol–water partition coefficient (Wildman–Crippen LogP) is 3.19. The van der Waals surface area contributed by atoms with Gasteiger partial charge in [-0.1, -0.05) is 13.8 Å². The molecule has 0 radical (unpaired) electrons. The maximum Gasteiger partial charge on any atom is 0.169 e. The third-order valence-electron chi connectivity index (χ3n) is 2.84. The lowest BCUT2D eigenvalue weighted by atomic mass is 9.81.